The Labute approximate surface area is 123 Å². The fourth-order valence-corrected chi connectivity index (χ4v) is 2.12. The largest absolute Gasteiger partial charge is 0.481 e. The number of nitrogens with zero attached hydrogens (tertiary/aromatic N) is 1. The summed E-state index contributed by atoms with van der Waals surface area (Å²) in [6.45, 7) is 4.51. The van der Waals surface area contributed by atoms with E-state index < -0.39 is 19.7 Å². The van der Waals surface area contributed by atoms with Gasteiger partial charge in [0.2, 0.25) is 0 Å². The molecule has 0 amide bonds. The summed E-state index contributed by atoms with van der Waals surface area (Å²) in [5.74, 6) is -1.33. The first-order valence-electron chi connectivity index (χ1n) is 6.26. The molecule has 1 rings (SSSR count). The third kappa shape index (κ3) is 9.63. The van der Waals surface area contributed by atoms with Crippen molar-refractivity contribution in [3.05, 3.63) is 29.8 Å². The van der Waals surface area contributed by atoms with Crippen molar-refractivity contribution >= 4 is 19.3 Å². The number of rotatable bonds is 6. The standard InChI is InChI=1S/C9H10N2.C4H9O5P/c1-2-11-9-5-3-8(7-10)4-6-9;1-2-9-10(7,8)3-4(5)6/h3-6,11H,2H2,1H3;2-3H2,1H3,(H,5,6)(H,7,8). The Morgan fingerprint density at radius 3 is 2.33 bits per heavy atom. The van der Waals surface area contributed by atoms with E-state index in [4.69, 9.17) is 15.3 Å². The number of nitrogens with one attached hydrogen (secondary N) is 1. The van der Waals surface area contributed by atoms with Crippen LogP contribution in [0.3, 0.4) is 0 Å². The second-order valence-electron chi connectivity index (χ2n) is 3.83. The van der Waals surface area contributed by atoms with Gasteiger partial charge in [0, 0.05) is 12.2 Å². The van der Waals surface area contributed by atoms with Crippen LogP contribution in [0.4, 0.5) is 5.69 Å². The van der Waals surface area contributed by atoms with E-state index in [-0.39, 0.29) is 6.61 Å². The van der Waals surface area contributed by atoms with Crippen LogP contribution in [0, 0.1) is 11.3 Å². The normalized spacial score (nSPS) is 12.3. The summed E-state index contributed by atoms with van der Waals surface area (Å²) in [6.07, 6.45) is -0.833. The van der Waals surface area contributed by atoms with E-state index in [0.717, 1.165) is 12.2 Å². The van der Waals surface area contributed by atoms with Crippen molar-refractivity contribution in [3.8, 4) is 6.07 Å². The molecule has 0 saturated heterocycles. The predicted molar refractivity (Wildman–Crippen MR) is 79.3 cm³/mol. The molecule has 3 N–H and O–H groups in total. The van der Waals surface area contributed by atoms with Crippen molar-refractivity contribution < 1.29 is 23.9 Å². The molecule has 0 aliphatic carbocycles. The lowest BCUT2D eigenvalue weighted by atomic mass is 10.2. The van der Waals surface area contributed by atoms with Crippen LogP contribution in [-0.2, 0) is 13.9 Å². The lowest BCUT2D eigenvalue weighted by Gasteiger charge is -2.06. The lowest BCUT2D eigenvalue weighted by molar-refractivity contribution is -0.134. The van der Waals surface area contributed by atoms with E-state index >= 15 is 0 Å². The number of hydrogen-bond donors (Lipinski definition) is 3. The molecule has 0 aliphatic heterocycles. The minimum Gasteiger partial charge on any atom is -0.481 e. The molecule has 116 valence electrons. The van der Waals surface area contributed by atoms with Gasteiger partial charge < -0.3 is 19.8 Å². The molecule has 1 aromatic carbocycles. The molecule has 1 aromatic rings. The Hall–Kier alpha value is -1.87. The molecular formula is C13H19N2O5P. The molecule has 1 unspecified atom stereocenters. The first-order chi connectivity index (χ1) is 9.84. The number of aliphatic carboxylic acids is 1. The zero-order chi connectivity index (χ0) is 16.3. The van der Waals surface area contributed by atoms with Crippen LogP contribution in [0.25, 0.3) is 0 Å². The first kappa shape index (κ1) is 19.1. The molecule has 0 saturated carbocycles. The van der Waals surface area contributed by atoms with Gasteiger partial charge in [-0.05, 0) is 38.1 Å². The SMILES string of the molecule is CCNc1ccc(C#N)cc1.CCOP(=O)(O)CC(=O)O. The fourth-order valence-electron chi connectivity index (χ4n) is 1.29. The number of hydrogen-bond acceptors (Lipinski definition) is 5. The summed E-state index contributed by atoms with van der Waals surface area (Å²) in [7, 11) is -3.85. The summed E-state index contributed by atoms with van der Waals surface area (Å²) in [5.41, 5.74) is 1.76. The minimum absolute atomic E-state index is 0.0427. The number of carboxylic acids is 1. The van der Waals surface area contributed by atoms with E-state index in [1.807, 2.05) is 19.1 Å². The van der Waals surface area contributed by atoms with E-state index in [2.05, 4.69) is 15.9 Å². The van der Waals surface area contributed by atoms with Gasteiger partial charge in [0.15, 0.2) is 0 Å². The van der Waals surface area contributed by atoms with E-state index in [1.165, 1.54) is 6.92 Å². The van der Waals surface area contributed by atoms with Crippen molar-refractivity contribution in [2.24, 2.45) is 0 Å². The number of carboxylic acid groups (broad SMARTS) is 1. The number of benzene rings is 1. The maximum Gasteiger partial charge on any atom is 0.339 e. The molecule has 1 atom stereocenters. The summed E-state index contributed by atoms with van der Waals surface area (Å²) in [6, 6.07) is 9.49. The monoisotopic (exact) mass is 314 g/mol. The van der Waals surface area contributed by atoms with Gasteiger partial charge in [-0.15, -0.1) is 0 Å². The third-order valence-corrected chi connectivity index (χ3v) is 3.39. The highest BCUT2D eigenvalue weighted by molar-refractivity contribution is 7.53. The van der Waals surface area contributed by atoms with Gasteiger partial charge in [0.25, 0.3) is 0 Å². The van der Waals surface area contributed by atoms with Crippen LogP contribution in [0.15, 0.2) is 24.3 Å². The predicted octanol–water partition coefficient (Wildman–Crippen LogP) is 2.28. The lowest BCUT2D eigenvalue weighted by Crippen LogP contribution is -2.05. The van der Waals surface area contributed by atoms with E-state index in [0.29, 0.717) is 5.56 Å². The highest BCUT2D eigenvalue weighted by Crippen LogP contribution is 2.40. The summed E-state index contributed by atoms with van der Waals surface area (Å²) >= 11 is 0. The molecular weight excluding hydrogens is 295 g/mol. The van der Waals surface area contributed by atoms with Crippen LogP contribution in [-0.4, -0.2) is 35.3 Å². The fraction of sp³-hybridized carbons (Fsp3) is 0.385. The average Bonchev–Trinajstić information content (AvgIpc) is 2.39. The van der Waals surface area contributed by atoms with Gasteiger partial charge in [0.05, 0.1) is 18.2 Å². The molecule has 0 heterocycles. The second kappa shape index (κ2) is 9.94. The number of carbonyl (C=O) groups is 1. The minimum atomic E-state index is -3.85. The van der Waals surface area contributed by atoms with Crippen LogP contribution >= 0.6 is 7.60 Å². The molecule has 7 nitrogen and oxygen atoms in total. The Balaban J connectivity index is 0.000000384. The molecule has 8 heteroatoms. The van der Waals surface area contributed by atoms with Gasteiger partial charge >= 0.3 is 13.6 Å². The Kier molecular flexibility index (Phi) is 9.06. The number of anilines is 1. The van der Waals surface area contributed by atoms with E-state index in [1.54, 1.807) is 12.1 Å². The van der Waals surface area contributed by atoms with E-state index in [9.17, 15) is 9.36 Å². The van der Waals surface area contributed by atoms with Gasteiger partial charge in [-0.1, -0.05) is 0 Å². The van der Waals surface area contributed by atoms with Crippen molar-refractivity contribution in [1.82, 2.24) is 0 Å². The highest BCUT2D eigenvalue weighted by atomic mass is 31.2. The maximum absolute atomic E-state index is 10.6. The van der Waals surface area contributed by atoms with Crippen LogP contribution in [0.5, 0.6) is 0 Å². The van der Waals surface area contributed by atoms with Gasteiger partial charge in [-0.2, -0.15) is 5.26 Å². The van der Waals surface area contributed by atoms with Crippen molar-refractivity contribution in [3.63, 3.8) is 0 Å². The van der Waals surface area contributed by atoms with Crippen LogP contribution in [0.1, 0.15) is 19.4 Å². The van der Waals surface area contributed by atoms with Crippen molar-refractivity contribution in [2.45, 2.75) is 13.8 Å². The summed E-state index contributed by atoms with van der Waals surface area (Å²) < 4.78 is 14.8. The summed E-state index contributed by atoms with van der Waals surface area (Å²) in [5, 5.41) is 19.7. The quantitative estimate of drug-likeness (QED) is 0.689. The molecule has 21 heavy (non-hydrogen) atoms. The van der Waals surface area contributed by atoms with Gasteiger partial charge in [0.1, 0.15) is 6.16 Å². The molecule has 0 radical (unpaired) electrons. The van der Waals surface area contributed by atoms with Gasteiger partial charge in [-0.25, -0.2) is 0 Å². The average molecular weight is 314 g/mol. The Bertz CT molecular complexity index is 524. The van der Waals surface area contributed by atoms with Crippen LogP contribution < -0.4 is 5.32 Å². The Morgan fingerprint density at radius 1 is 1.38 bits per heavy atom. The zero-order valence-electron chi connectivity index (χ0n) is 11.9. The molecule has 0 spiro atoms. The first-order valence-corrected chi connectivity index (χ1v) is 8.03. The maximum atomic E-state index is 10.6. The molecule has 0 bridgehead atoms. The zero-order valence-corrected chi connectivity index (χ0v) is 12.8. The second-order valence-corrected chi connectivity index (χ2v) is 5.68. The molecule has 0 aliphatic rings. The highest BCUT2D eigenvalue weighted by Gasteiger charge is 2.22. The molecule has 0 fully saturated rings. The third-order valence-electron chi connectivity index (χ3n) is 2.06. The topological polar surface area (TPSA) is 120 Å². The Morgan fingerprint density at radius 2 is 1.95 bits per heavy atom. The van der Waals surface area contributed by atoms with Crippen LogP contribution in [0.2, 0.25) is 0 Å². The summed E-state index contributed by atoms with van der Waals surface area (Å²) in [4.78, 5) is 18.5. The van der Waals surface area contributed by atoms with Gasteiger partial charge in [-0.3, -0.25) is 9.36 Å². The van der Waals surface area contributed by atoms with Crippen molar-refractivity contribution in [1.29, 1.82) is 5.26 Å². The number of nitriles is 1. The smallest absolute Gasteiger partial charge is 0.339 e. The van der Waals surface area contributed by atoms with Crippen molar-refractivity contribution in [2.75, 3.05) is 24.6 Å². The molecule has 0 aromatic heterocycles.